The number of nitrogens with two attached hydrogens (primary N) is 2. The summed E-state index contributed by atoms with van der Waals surface area (Å²) >= 11 is 0.779. The number of anilines is 2. The number of nitrogens with one attached hydrogen (secondary N) is 1. The Morgan fingerprint density at radius 1 is 1.08 bits per heavy atom. The molecule has 9 nitrogen and oxygen atoms in total. The first kappa shape index (κ1) is 27.7. The molecular weight excluding hydrogens is 512 g/mol. The first-order valence-electron chi connectivity index (χ1n) is 12.7. The minimum Gasteiger partial charge on any atom is -0.395 e. The van der Waals surface area contributed by atoms with Crippen LogP contribution in [0.1, 0.15) is 71.4 Å². The molecule has 0 radical (unpaired) electrons. The third-order valence-corrected chi connectivity index (χ3v) is 7.64. The smallest absolute Gasteiger partial charge is 0.273 e. The van der Waals surface area contributed by atoms with Gasteiger partial charge in [-0.3, -0.25) is 24.3 Å². The minimum atomic E-state index is -1.07. The molecule has 0 saturated carbocycles. The minimum absolute atomic E-state index is 0.0263. The first-order valence-corrected chi connectivity index (χ1v) is 13.5. The highest BCUT2D eigenvalue weighted by Crippen LogP contribution is 2.34. The number of benzene rings is 2. The van der Waals surface area contributed by atoms with E-state index >= 15 is 0 Å². The van der Waals surface area contributed by atoms with E-state index < -0.39 is 23.4 Å². The van der Waals surface area contributed by atoms with Crippen LogP contribution in [0.2, 0.25) is 0 Å². The van der Waals surface area contributed by atoms with E-state index in [2.05, 4.69) is 14.7 Å². The Balaban J connectivity index is 1.94. The van der Waals surface area contributed by atoms with Crippen molar-refractivity contribution in [2.45, 2.75) is 52.1 Å². The summed E-state index contributed by atoms with van der Waals surface area (Å²) in [5.41, 5.74) is 13.7. The van der Waals surface area contributed by atoms with Gasteiger partial charge in [-0.05, 0) is 79.7 Å². The van der Waals surface area contributed by atoms with E-state index in [1.165, 1.54) is 4.90 Å². The molecule has 4 rings (SSSR count). The molecule has 0 bridgehead atoms. The molecular formula is C29H32N6O3S. The Morgan fingerprint density at radius 3 is 2.41 bits per heavy atom. The average Bonchev–Trinajstić information content (AvgIpc) is 3.32. The van der Waals surface area contributed by atoms with Crippen LogP contribution in [-0.2, 0) is 11.2 Å². The Morgan fingerprint density at radius 2 is 1.79 bits per heavy atom. The van der Waals surface area contributed by atoms with Gasteiger partial charge in [0.1, 0.15) is 10.9 Å². The maximum absolute atomic E-state index is 14.2. The van der Waals surface area contributed by atoms with E-state index in [9.17, 15) is 14.4 Å². The number of nitrogen functional groups attached to an aromatic ring is 1. The van der Waals surface area contributed by atoms with Crippen LogP contribution in [0.25, 0.3) is 10.9 Å². The van der Waals surface area contributed by atoms with Crippen molar-refractivity contribution in [2.75, 3.05) is 10.6 Å². The summed E-state index contributed by atoms with van der Waals surface area (Å²) in [5.74, 6) is -1.76. The number of amides is 3. The predicted octanol–water partition coefficient (Wildman–Crippen LogP) is 4.63. The van der Waals surface area contributed by atoms with E-state index in [1.54, 1.807) is 24.4 Å². The molecule has 0 aliphatic heterocycles. The lowest BCUT2D eigenvalue weighted by atomic mass is 9.97. The lowest BCUT2D eigenvalue weighted by Gasteiger charge is -2.34. The van der Waals surface area contributed by atoms with Gasteiger partial charge < -0.3 is 16.8 Å². The fraction of sp³-hybridized carbons (Fsp3) is 0.276. The summed E-state index contributed by atoms with van der Waals surface area (Å²) in [5, 5.41) is 3.93. The molecule has 5 N–H and O–H groups in total. The van der Waals surface area contributed by atoms with Gasteiger partial charge in [-0.15, -0.1) is 0 Å². The lowest BCUT2D eigenvalue weighted by molar-refractivity contribution is -0.124. The maximum atomic E-state index is 14.2. The molecule has 39 heavy (non-hydrogen) atoms. The van der Waals surface area contributed by atoms with Crippen LogP contribution in [0.4, 0.5) is 11.4 Å². The Labute approximate surface area is 231 Å². The van der Waals surface area contributed by atoms with Gasteiger partial charge in [-0.25, -0.2) is 0 Å². The molecule has 1 atom stereocenters. The normalized spacial score (nSPS) is 12.2. The van der Waals surface area contributed by atoms with Gasteiger partial charge in [0.05, 0.1) is 11.2 Å². The van der Waals surface area contributed by atoms with Crippen molar-refractivity contribution in [2.24, 2.45) is 5.73 Å². The molecule has 2 aromatic heterocycles. The van der Waals surface area contributed by atoms with Crippen LogP contribution in [0.5, 0.6) is 0 Å². The summed E-state index contributed by atoms with van der Waals surface area (Å²) in [6, 6.07) is 15.6. The zero-order chi connectivity index (χ0) is 28.3. The number of carbonyl (C=O) groups excluding carboxylic acids is 3. The number of primary amides is 1. The highest BCUT2D eigenvalue weighted by atomic mass is 32.1. The van der Waals surface area contributed by atoms with Crippen LogP contribution >= 0.6 is 11.5 Å². The average molecular weight is 545 g/mol. The number of aryl methyl sites for hydroxylation is 1. The monoisotopic (exact) mass is 544 g/mol. The second-order valence-electron chi connectivity index (χ2n) is 9.92. The molecule has 0 fully saturated rings. The van der Waals surface area contributed by atoms with E-state index in [1.807, 2.05) is 64.1 Å². The standard InChI is InChI=1S/C29H32N6O3S/c1-5-17-9-12-20(13-10-17)35(28(38)25-22(30)23(26(31)36)34-39-25)24(27(37)33-29(3,4)6-2)19-11-14-21-18(16-19)8-7-15-32-21/h7-16,24H,5-6,30H2,1-4H3,(H2,31,36)(H,33,37). The summed E-state index contributed by atoms with van der Waals surface area (Å²) < 4.78 is 4.02. The number of hydrogen-bond donors (Lipinski definition) is 3. The second-order valence-corrected chi connectivity index (χ2v) is 10.7. The number of rotatable bonds is 9. The van der Waals surface area contributed by atoms with Gasteiger partial charge in [0.2, 0.25) is 5.91 Å². The number of carbonyl (C=O) groups is 3. The lowest BCUT2D eigenvalue weighted by Crippen LogP contribution is -2.50. The molecule has 2 aromatic carbocycles. The molecule has 3 amide bonds. The Hall–Kier alpha value is -4.31. The molecule has 10 heteroatoms. The summed E-state index contributed by atoms with van der Waals surface area (Å²) in [6.45, 7) is 7.86. The van der Waals surface area contributed by atoms with Crippen molar-refractivity contribution in [1.29, 1.82) is 0 Å². The third-order valence-electron chi connectivity index (χ3n) is 6.79. The fourth-order valence-electron chi connectivity index (χ4n) is 4.19. The Kier molecular flexibility index (Phi) is 7.96. The molecule has 0 saturated heterocycles. The largest absolute Gasteiger partial charge is 0.395 e. The van der Waals surface area contributed by atoms with E-state index in [0.29, 0.717) is 17.7 Å². The van der Waals surface area contributed by atoms with E-state index in [4.69, 9.17) is 11.5 Å². The summed E-state index contributed by atoms with van der Waals surface area (Å²) in [7, 11) is 0. The van der Waals surface area contributed by atoms with Gasteiger partial charge in [-0.2, -0.15) is 4.37 Å². The van der Waals surface area contributed by atoms with Crippen LogP contribution in [0.15, 0.2) is 60.8 Å². The SMILES string of the molecule is CCc1ccc(N(C(=O)c2snc(C(N)=O)c2N)C(C(=O)NC(C)(C)CC)c2ccc3ncccc3c2)cc1. The first-order chi connectivity index (χ1) is 18.6. The number of nitrogens with zero attached hydrogens (tertiary/aromatic N) is 3. The van der Waals surface area contributed by atoms with Crippen LogP contribution < -0.4 is 21.7 Å². The molecule has 0 aliphatic rings. The van der Waals surface area contributed by atoms with Gasteiger partial charge in [0.25, 0.3) is 11.8 Å². The third kappa shape index (κ3) is 5.75. The quantitative estimate of drug-likeness (QED) is 0.280. The highest BCUT2D eigenvalue weighted by Gasteiger charge is 2.37. The van der Waals surface area contributed by atoms with Crippen molar-refractivity contribution in [3.63, 3.8) is 0 Å². The van der Waals surface area contributed by atoms with Crippen molar-refractivity contribution in [3.05, 3.63) is 82.5 Å². The van der Waals surface area contributed by atoms with Gasteiger partial charge in [-0.1, -0.05) is 38.1 Å². The van der Waals surface area contributed by atoms with Gasteiger partial charge in [0, 0.05) is 22.8 Å². The fourth-order valence-corrected chi connectivity index (χ4v) is 4.93. The number of pyridine rings is 1. The van der Waals surface area contributed by atoms with E-state index in [0.717, 1.165) is 34.4 Å². The molecule has 1 unspecified atom stereocenters. The molecule has 202 valence electrons. The summed E-state index contributed by atoms with van der Waals surface area (Å²) in [4.78, 5) is 46.0. The van der Waals surface area contributed by atoms with Gasteiger partial charge >= 0.3 is 0 Å². The van der Waals surface area contributed by atoms with Crippen LogP contribution in [0, 0.1) is 0 Å². The molecule has 2 heterocycles. The van der Waals surface area contributed by atoms with Crippen LogP contribution in [-0.4, -0.2) is 32.6 Å². The molecule has 0 spiro atoms. The number of hydrogen-bond acceptors (Lipinski definition) is 7. The molecule has 0 aliphatic carbocycles. The molecule has 4 aromatic rings. The summed E-state index contributed by atoms with van der Waals surface area (Å²) in [6.07, 6.45) is 3.18. The van der Waals surface area contributed by atoms with E-state index in [-0.39, 0.29) is 22.2 Å². The van der Waals surface area contributed by atoms with Crippen molar-refractivity contribution in [1.82, 2.24) is 14.7 Å². The van der Waals surface area contributed by atoms with Crippen molar-refractivity contribution in [3.8, 4) is 0 Å². The van der Waals surface area contributed by atoms with Crippen LogP contribution in [0.3, 0.4) is 0 Å². The second kappa shape index (κ2) is 11.2. The zero-order valence-corrected chi connectivity index (χ0v) is 23.2. The Bertz CT molecular complexity index is 1530. The predicted molar refractivity (Wildman–Crippen MR) is 155 cm³/mol. The number of fused-ring (bicyclic) bond motifs is 1. The maximum Gasteiger partial charge on any atom is 0.273 e. The number of aromatic nitrogens is 2. The zero-order valence-electron chi connectivity index (χ0n) is 22.4. The van der Waals surface area contributed by atoms with Crippen molar-refractivity contribution < 1.29 is 14.4 Å². The highest BCUT2D eigenvalue weighted by molar-refractivity contribution is 7.09. The van der Waals surface area contributed by atoms with Crippen molar-refractivity contribution >= 4 is 51.5 Å². The van der Waals surface area contributed by atoms with Gasteiger partial charge in [0.15, 0.2) is 5.69 Å². The topological polar surface area (TPSA) is 144 Å².